The van der Waals surface area contributed by atoms with Crippen LogP contribution >= 0.6 is 0 Å². The predicted octanol–water partition coefficient (Wildman–Crippen LogP) is 2.06. The molecular weight excluding hydrogens is 234 g/mol. The van der Waals surface area contributed by atoms with E-state index in [9.17, 15) is 0 Å². The van der Waals surface area contributed by atoms with Gasteiger partial charge in [-0.2, -0.15) is 0 Å². The van der Waals surface area contributed by atoms with Crippen LogP contribution in [0.25, 0.3) is 0 Å². The monoisotopic (exact) mass is 265 g/mol. The van der Waals surface area contributed by atoms with Crippen molar-refractivity contribution >= 4 is 0 Å². The van der Waals surface area contributed by atoms with Crippen LogP contribution in [0, 0.1) is 5.92 Å². The third-order valence-electron chi connectivity index (χ3n) is 6.23. The van der Waals surface area contributed by atoms with Crippen LogP contribution in [-0.4, -0.2) is 54.1 Å². The molecule has 3 heteroatoms. The van der Waals surface area contributed by atoms with Gasteiger partial charge >= 0.3 is 0 Å². The lowest BCUT2D eigenvalue weighted by atomic mass is 9.81. The molecule has 2 N–H and O–H groups in total. The van der Waals surface area contributed by atoms with Gasteiger partial charge in [-0.25, -0.2) is 0 Å². The lowest BCUT2D eigenvalue weighted by molar-refractivity contribution is 0.00472. The Bertz CT molecular complexity index is 296. The third-order valence-corrected chi connectivity index (χ3v) is 6.23. The van der Waals surface area contributed by atoms with Gasteiger partial charge in [0.2, 0.25) is 0 Å². The van der Waals surface area contributed by atoms with Gasteiger partial charge in [0, 0.05) is 18.1 Å². The van der Waals surface area contributed by atoms with Gasteiger partial charge < -0.3 is 10.6 Å². The molecule has 2 heterocycles. The molecule has 110 valence electrons. The Morgan fingerprint density at radius 1 is 1.05 bits per heavy atom. The van der Waals surface area contributed by atoms with E-state index in [0.717, 1.165) is 18.5 Å². The highest BCUT2D eigenvalue weighted by molar-refractivity contribution is 5.03. The summed E-state index contributed by atoms with van der Waals surface area (Å²) in [5, 5.41) is 0. The van der Waals surface area contributed by atoms with Gasteiger partial charge in [0.25, 0.3) is 0 Å². The van der Waals surface area contributed by atoms with Gasteiger partial charge in [-0.1, -0.05) is 19.8 Å². The number of likely N-dealkylation sites (tertiary alicyclic amines) is 2. The molecule has 3 fully saturated rings. The van der Waals surface area contributed by atoms with Gasteiger partial charge in [0.15, 0.2) is 0 Å². The maximum Gasteiger partial charge on any atom is 0.0359 e. The van der Waals surface area contributed by atoms with Gasteiger partial charge in [0.05, 0.1) is 0 Å². The second-order valence-corrected chi connectivity index (χ2v) is 6.96. The SMILES string of the molecule is CCN1CCC(CN)(N2CCC3CCCCC32)CC1. The summed E-state index contributed by atoms with van der Waals surface area (Å²) in [5.74, 6) is 0.987. The van der Waals surface area contributed by atoms with Crippen molar-refractivity contribution < 1.29 is 0 Å². The molecule has 2 atom stereocenters. The topological polar surface area (TPSA) is 32.5 Å². The van der Waals surface area contributed by atoms with E-state index in [0.29, 0.717) is 5.54 Å². The summed E-state index contributed by atoms with van der Waals surface area (Å²) in [6.07, 6.45) is 9.84. The van der Waals surface area contributed by atoms with Gasteiger partial charge in [-0.3, -0.25) is 4.90 Å². The van der Waals surface area contributed by atoms with Crippen molar-refractivity contribution in [3.63, 3.8) is 0 Å². The first kappa shape index (κ1) is 13.8. The molecule has 0 bridgehead atoms. The van der Waals surface area contributed by atoms with Crippen LogP contribution < -0.4 is 5.73 Å². The van der Waals surface area contributed by atoms with Gasteiger partial charge in [0.1, 0.15) is 0 Å². The highest BCUT2D eigenvalue weighted by atomic mass is 15.3. The van der Waals surface area contributed by atoms with Crippen LogP contribution in [0.5, 0.6) is 0 Å². The molecule has 0 amide bonds. The maximum atomic E-state index is 6.27. The van der Waals surface area contributed by atoms with Crippen molar-refractivity contribution in [2.75, 3.05) is 32.7 Å². The Morgan fingerprint density at radius 3 is 2.47 bits per heavy atom. The quantitative estimate of drug-likeness (QED) is 0.848. The Balaban J connectivity index is 1.71. The van der Waals surface area contributed by atoms with Crippen LogP contribution in [0.4, 0.5) is 0 Å². The highest BCUT2D eigenvalue weighted by Crippen LogP contribution is 2.42. The summed E-state index contributed by atoms with van der Waals surface area (Å²) in [5.41, 5.74) is 6.60. The molecule has 19 heavy (non-hydrogen) atoms. The molecule has 3 rings (SSSR count). The number of nitrogens with two attached hydrogens (primary N) is 1. The van der Waals surface area contributed by atoms with Crippen molar-refractivity contribution in [3.8, 4) is 0 Å². The van der Waals surface area contributed by atoms with Crippen molar-refractivity contribution in [1.29, 1.82) is 0 Å². The molecular formula is C16H31N3. The number of fused-ring (bicyclic) bond motifs is 1. The molecule has 2 saturated heterocycles. The summed E-state index contributed by atoms with van der Waals surface area (Å²) in [4.78, 5) is 5.45. The normalized spacial score (nSPS) is 36.3. The smallest absolute Gasteiger partial charge is 0.0359 e. The van der Waals surface area contributed by atoms with E-state index >= 15 is 0 Å². The fourth-order valence-corrected chi connectivity index (χ4v) is 4.89. The van der Waals surface area contributed by atoms with Crippen molar-refractivity contribution in [1.82, 2.24) is 9.80 Å². The van der Waals surface area contributed by atoms with Crippen LogP contribution in [0.2, 0.25) is 0 Å². The van der Waals surface area contributed by atoms with Crippen LogP contribution in [0.15, 0.2) is 0 Å². The highest BCUT2D eigenvalue weighted by Gasteiger charge is 2.47. The molecule has 0 radical (unpaired) electrons. The Morgan fingerprint density at radius 2 is 1.79 bits per heavy atom. The summed E-state index contributed by atoms with van der Waals surface area (Å²) in [7, 11) is 0. The van der Waals surface area contributed by atoms with Crippen molar-refractivity contribution in [3.05, 3.63) is 0 Å². The minimum Gasteiger partial charge on any atom is -0.329 e. The van der Waals surface area contributed by atoms with Gasteiger partial charge in [-0.15, -0.1) is 0 Å². The van der Waals surface area contributed by atoms with Crippen molar-refractivity contribution in [2.45, 2.75) is 63.5 Å². The lowest BCUT2D eigenvalue weighted by Gasteiger charge is -2.50. The predicted molar refractivity (Wildman–Crippen MR) is 80.2 cm³/mol. The molecule has 3 aliphatic rings. The third kappa shape index (κ3) is 2.45. The zero-order chi connectivity index (χ0) is 13.3. The molecule has 1 saturated carbocycles. The van der Waals surface area contributed by atoms with Crippen LogP contribution in [-0.2, 0) is 0 Å². The van der Waals surface area contributed by atoms with Crippen LogP contribution in [0.3, 0.4) is 0 Å². The Hall–Kier alpha value is -0.120. The molecule has 2 aliphatic heterocycles. The molecule has 1 aliphatic carbocycles. The molecule has 0 aromatic rings. The second-order valence-electron chi connectivity index (χ2n) is 6.96. The minimum absolute atomic E-state index is 0.336. The first-order valence-corrected chi connectivity index (χ1v) is 8.48. The van der Waals surface area contributed by atoms with E-state index in [-0.39, 0.29) is 0 Å². The maximum absolute atomic E-state index is 6.27. The fraction of sp³-hybridized carbons (Fsp3) is 1.00. The van der Waals surface area contributed by atoms with E-state index in [1.807, 2.05) is 0 Å². The number of piperidine rings is 1. The standard InChI is InChI=1S/C16H31N3/c1-2-18-11-8-16(13-17,9-12-18)19-10-7-14-5-3-4-6-15(14)19/h14-15H,2-13,17H2,1H3. The van der Waals surface area contributed by atoms with E-state index < -0.39 is 0 Å². The van der Waals surface area contributed by atoms with Gasteiger partial charge in [-0.05, 0) is 64.2 Å². The number of hydrogen-bond donors (Lipinski definition) is 1. The summed E-state index contributed by atoms with van der Waals surface area (Å²) in [6.45, 7) is 8.17. The molecule has 2 unspecified atom stereocenters. The average molecular weight is 265 g/mol. The Labute approximate surface area is 118 Å². The molecule has 0 aromatic heterocycles. The number of hydrogen-bond acceptors (Lipinski definition) is 3. The zero-order valence-electron chi connectivity index (χ0n) is 12.6. The minimum atomic E-state index is 0.336. The first-order chi connectivity index (χ1) is 9.29. The summed E-state index contributed by atoms with van der Waals surface area (Å²) in [6, 6.07) is 0.866. The fourth-order valence-electron chi connectivity index (χ4n) is 4.89. The van der Waals surface area contributed by atoms with E-state index in [1.54, 1.807) is 0 Å². The van der Waals surface area contributed by atoms with Crippen LogP contribution in [0.1, 0.15) is 51.9 Å². The molecule has 0 spiro atoms. The average Bonchev–Trinajstić information content (AvgIpc) is 2.92. The number of nitrogens with zero attached hydrogens (tertiary/aromatic N) is 2. The Kier molecular flexibility index (Phi) is 4.16. The lowest BCUT2D eigenvalue weighted by Crippen LogP contribution is -2.61. The van der Waals surface area contributed by atoms with E-state index in [1.165, 1.54) is 71.1 Å². The van der Waals surface area contributed by atoms with Crippen molar-refractivity contribution in [2.24, 2.45) is 11.7 Å². The van der Waals surface area contributed by atoms with E-state index in [2.05, 4.69) is 16.7 Å². The first-order valence-electron chi connectivity index (χ1n) is 8.48. The summed E-state index contributed by atoms with van der Waals surface area (Å²) < 4.78 is 0. The largest absolute Gasteiger partial charge is 0.329 e. The molecule has 0 aromatic carbocycles. The molecule has 3 nitrogen and oxygen atoms in total. The summed E-state index contributed by atoms with van der Waals surface area (Å²) >= 11 is 0. The second kappa shape index (κ2) is 5.71. The van der Waals surface area contributed by atoms with E-state index in [4.69, 9.17) is 5.73 Å². The number of rotatable bonds is 3. The zero-order valence-corrected chi connectivity index (χ0v) is 12.6.